The van der Waals surface area contributed by atoms with E-state index in [9.17, 15) is 0 Å². The quantitative estimate of drug-likeness (QED) is 0.324. The zero-order valence-electron chi connectivity index (χ0n) is 12.5. The van der Waals surface area contributed by atoms with Crippen LogP contribution >= 0.6 is 24.0 Å². The van der Waals surface area contributed by atoms with E-state index in [1.807, 2.05) is 6.07 Å². The number of hydrogen-bond donors (Lipinski definition) is 2. The molecule has 6 heteroatoms. The Balaban J connectivity index is 0.00000361. The van der Waals surface area contributed by atoms with Crippen molar-refractivity contribution in [1.82, 2.24) is 15.8 Å². The van der Waals surface area contributed by atoms with Crippen molar-refractivity contribution in [2.45, 2.75) is 39.2 Å². The van der Waals surface area contributed by atoms with E-state index in [2.05, 4.69) is 41.2 Å². The molecule has 0 amide bonds. The smallest absolute Gasteiger partial charge is 0.191 e. The molecule has 5 nitrogen and oxygen atoms in total. The summed E-state index contributed by atoms with van der Waals surface area (Å²) < 4.78 is 5.33. The third-order valence-corrected chi connectivity index (χ3v) is 3.05. The minimum Gasteiger partial charge on any atom is -0.359 e. The van der Waals surface area contributed by atoms with Crippen LogP contribution in [0, 0.1) is 0 Å². The number of aliphatic imine (C=N–C) groups is 1. The number of guanidine groups is 1. The molecule has 1 aromatic rings. The lowest BCUT2D eigenvalue weighted by molar-refractivity contribution is 0.368. The summed E-state index contributed by atoms with van der Waals surface area (Å²) in [6.07, 6.45) is 3.95. The summed E-state index contributed by atoms with van der Waals surface area (Å²) in [5, 5.41) is 10.4. The molecule has 1 rings (SSSR count). The average Bonchev–Trinajstić information content (AvgIpc) is 2.89. The molecule has 1 aromatic heterocycles. The number of rotatable bonds is 7. The molecule has 0 aliphatic rings. The lowest BCUT2D eigenvalue weighted by Gasteiger charge is -2.08. The molecule has 20 heavy (non-hydrogen) atoms. The summed E-state index contributed by atoms with van der Waals surface area (Å²) in [5.41, 5.74) is 1.04. The van der Waals surface area contributed by atoms with Gasteiger partial charge in [-0.1, -0.05) is 25.1 Å². The fraction of sp³-hybridized carbons (Fsp3) is 0.571. The van der Waals surface area contributed by atoms with Gasteiger partial charge in [-0.3, -0.25) is 4.99 Å². The fourth-order valence-corrected chi connectivity index (χ4v) is 1.87. The first-order valence-corrected chi connectivity index (χ1v) is 6.76. The van der Waals surface area contributed by atoms with Crippen LogP contribution in [-0.2, 0) is 6.54 Å². The molecule has 0 aliphatic heterocycles. The molecule has 0 fully saturated rings. The van der Waals surface area contributed by atoms with Crippen LogP contribution in [0.3, 0.4) is 0 Å². The summed E-state index contributed by atoms with van der Waals surface area (Å²) in [6.45, 7) is 9.24. The Morgan fingerprint density at radius 1 is 1.45 bits per heavy atom. The Kier molecular flexibility index (Phi) is 10.1. The normalized spacial score (nSPS) is 11.1. The second-order valence-corrected chi connectivity index (χ2v) is 4.33. The SMILES string of the molecule is C=CCNC(=NC)NCc1cc(C(CC)CC)no1.I. The molecule has 0 bridgehead atoms. The van der Waals surface area contributed by atoms with Gasteiger partial charge >= 0.3 is 0 Å². The van der Waals surface area contributed by atoms with Crippen LogP contribution in [0.1, 0.15) is 44.1 Å². The second kappa shape index (κ2) is 10.7. The maximum absolute atomic E-state index is 5.33. The van der Waals surface area contributed by atoms with Crippen LogP contribution in [0.2, 0.25) is 0 Å². The minimum atomic E-state index is 0. The zero-order valence-corrected chi connectivity index (χ0v) is 14.8. The molecular formula is C14H25IN4O. The lowest BCUT2D eigenvalue weighted by Crippen LogP contribution is -2.36. The van der Waals surface area contributed by atoms with Crippen LogP contribution in [0.4, 0.5) is 0 Å². The maximum atomic E-state index is 5.33. The minimum absolute atomic E-state index is 0. The predicted octanol–water partition coefficient (Wildman–Crippen LogP) is 3.05. The van der Waals surface area contributed by atoms with Crippen LogP contribution in [0.25, 0.3) is 0 Å². The molecule has 114 valence electrons. The second-order valence-electron chi connectivity index (χ2n) is 4.33. The van der Waals surface area contributed by atoms with Crippen molar-refractivity contribution < 1.29 is 4.52 Å². The molecule has 0 spiro atoms. The van der Waals surface area contributed by atoms with Crippen molar-refractivity contribution in [3.8, 4) is 0 Å². The standard InChI is InChI=1S/C14H24N4O.HI/c1-5-8-16-14(15-4)17-10-12-9-13(18-19-12)11(6-2)7-3;/h5,9,11H,1,6-8,10H2,2-4H3,(H2,15,16,17);1H. The fourth-order valence-electron chi connectivity index (χ4n) is 1.87. The van der Waals surface area contributed by atoms with E-state index in [-0.39, 0.29) is 24.0 Å². The molecular weight excluding hydrogens is 367 g/mol. The first kappa shape index (κ1) is 18.9. The van der Waals surface area contributed by atoms with E-state index < -0.39 is 0 Å². The van der Waals surface area contributed by atoms with Crippen molar-refractivity contribution in [2.24, 2.45) is 4.99 Å². The largest absolute Gasteiger partial charge is 0.359 e. The van der Waals surface area contributed by atoms with Crippen molar-refractivity contribution in [3.05, 3.63) is 30.2 Å². The molecule has 0 atom stereocenters. The Hall–Kier alpha value is -1.05. The van der Waals surface area contributed by atoms with Crippen molar-refractivity contribution >= 4 is 29.9 Å². The third-order valence-electron chi connectivity index (χ3n) is 3.05. The summed E-state index contributed by atoms with van der Waals surface area (Å²) in [5.74, 6) is 2.03. The van der Waals surface area contributed by atoms with Gasteiger partial charge in [0.2, 0.25) is 0 Å². The Morgan fingerprint density at radius 2 is 2.15 bits per heavy atom. The van der Waals surface area contributed by atoms with E-state index in [4.69, 9.17) is 4.52 Å². The number of nitrogens with one attached hydrogen (secondary N) is 2. The van der Waals surface area contributed by atoms with Crippen LogP contribution < -0.4 is 10.6 Å². The van der Waals surface area contributed by atoms with Gasteiger partial charge in [0, 0.05) is 25.6 Å². The van der Waals surface area contributed by atoms with E-state index in [0.717, 1.165) is 30.3 Å². The van der Waals surface area contributed by atoms with Gasteiger partial charge in [0.1, 0.15) is 0 Å². The predicted molar refractivity (Wildman–Crippen MR) is 93.6 cm³/mol. The molecule has 0 saturated heterocycles. The molecule has 0 aliphatic carbocycles. The summed E-state index contributed by atoms with van der Waals surface area (Å²) in [6, 6.07) is 2.02. The van der Waals surface area contributed by atoms with Gasteiger partial charge < -0.3 is 15.2 Å². The van der Waals surface area contributed by atoms with E-state index in [1.54, 1.807) is 13.1 Å². The van der Waals surface area contributed by atoms with Gasteiger partial charge in [-0.25, -0.2) is 0 Å². The van der Waals surface area contributed by atoms with Gasteiger partial charge in [-0.15, -0.1) is 30.6 Å². The summed E-state index contributed by atoms with van der Waals surface area (Å²) in [4.78, 5) is 4.10. The van der Waals surface area contributed by atoms with Crippen LogP contribution in [0.15, 0.2) is 28.2 Å². The first-order chi connectivity index (χ1) is 9.24. The van der Waals surface area contributed by atoms with Gasteiger partial charge in [-0.05, 0) is 12.8 Å². The molecule has 0 aromatic carbocycles. The van der Waals surface area contributed by atoms with Crippen LogP contribution in [-0.4, -0.2) is 24.7 Å². The van der Waals surface area contributed by atoms with Gasteiger partial charge in [-0.2, -0.15) is 0 Å². The highest BCUT2D eigenvalue weighted by atomic mass is 127. The lowest BCUT2D eigenvalue weighted by atomic mass is 9.99. The van der Waals surface area contributed by atoms with E-state index in [0.29, 0.717) is 19.0 Å². The highest BCUT2D eigenvalue weighted by Crippen LogP contribution is 2.22. The molecule has 2 N–H and O–H groups in total. The third kappa shape index (κ3) is 5.94. The van der Waals surface area contributed by atoms with Crippen molar-refractivity contribution in [2.75, 3.05) is 13.6 Å². The molecule has 0 unspecified atom stereocenters. The summed E-state index contributed by atoms with van der Waals surface area (Å²) in [7, 11) is 1.73. The van der Waals surface area contributed by atoms with Crippen LogP contribution in [0.5, 0.6) is 0 Å². The zero-order chi connectivity index (χ0) is 14.1. The first-order valence-electron chi connectivity index (χ1n) is 6.76. The van der Waals surface area contributed by atoms with Crippen molar-refractivity contribution in [1.29, 1.82) is 0 Å². The van der Waals surface area contributed by atoms with E-state index >= 15 is 0 Å². The van der Waals surface area contributed by atoms with Gasteiger partial charge in [0.15, 0.2) is 11.7 Å². The Morgan fingerprint density at radius 3 is 2.70 bits per heavy atom. The molecule has 0 radical (unpaired) electrons. The average molecular weight is 392 g/mol. The number of hydrogen-bond acceptors (Lipinski definition) is 3. The monoisotopic (exact) mass is 392 g/mol. The van der Waals surface area contributed by atoms with Gasteiger partial charge in [0.05, 0.1) is 12.2 Å². The van der Waals surface area contributed by atoms with Gasteiger partial charge in [0.25, 0.3) is 0 Å². The highest BCUT2D eigenvalue weighted by Gasteiger charge is 2.12. The Bertz CT molecular complexity index is 413. The van der Waals surface area contributed by atoms with E-state index in [1.165, 1.54) is 0 Å². The number of nitrogens with zero attached hydrogens (tertiary/aromatic N) is 2. The molecule has 1 heterocycles. The number of halogens is 1. The highest BCUT2D eigenvalue weighted by molar-refractivity contribution is 14.0. The maximum Gasteiger partial charge on any atom is 0.191 e. The molecule has 0 saturated carbocycles. The Labute approximate surface area is 138 Å². The topological polar surface area (TPSA) is 62.5 Å². The van der Waals surface area contributed by atoms with Crippen molar-refractivity contribution in [3.63, 3.8) is 0 Å². The summed E-state index contributed by atoms with van der Waals surface area (Å²) >= 11 is 0. The number of aromatic nitrogens is 1.